The van der Waals surface area contributed by atoms with Crippen molar-refractivity contribution in [2.45, 2.75) is 45.8 Å². The smallest absolute Gasteiger partial charge is 0.336 e. The third-order valence-electron chi connectivity index (χ3n) is 7.37. The van der Waals surface area contributed by atoms with E-state index >= 15 is 0 Å². The number of hydrogen-bond donors (Lipinski definition) is 3. The van der Waals surface area contributed by atoms with E-state index < -0.39 is 23.7 Å². The van der Waals surface area contributed by atoms with Crippen LogP contribution in [0.4, 0.5) is 0 Å². The van der Waals surface area contributed by atoms with E-state index in [4.69, 9.17) is 25.5 Å². The molecule has 0 bridgehead atoms. The number of aliphatic carboxylic acids is 1. The molecule has 226 valence electrons. The van der Waals surface area contributed by atoms with Gasteiger partial charge in [0.05, 0.1) is 11.1 Å². The van der Waals surface area contributed by atoms with E-state index in [1.165, 1.54) is 13.0 Å². The van der Waals surface area contributed by atoms with Crippen molar-refractivity contribution in [2.75, 3.05) is 0 Å². The Morgan fingerprint density at radius 2 is 1.66 bits per heavy atom. The fraction of sp³-hybridized carbons (Fsp3) is 0.200. The number of halogens is 1. The number of rotatable bonds is 12. The number of nitrogens with one attached hydrogen (secondary N) is 1. The summed E-state index contributed by atoms with van der Waals surface area (Å²) in [6.07, 6.45) is -1.13. The molecule has 0 aliphatic carbocycles. The van der Waals surface area contributed by atoms with E-state index in [1.807, 2.05) is 42.5 Å². The number of aliphatic hydroxyl groups excluding tert-OH is 1. The first kappa shape index (κ1) is 30.8. The zero-order chi connectivity index (χ0) is 31.2. The lowest BCUT2D eigenvalue weighted by atomic mass is 9.97. The van der Waals surface area contributed by atoms with Gasteiger partial charge in [0, 0.05) is 29.6 Å². The van der Waals surface area contributed by atoms with Crippen molar-refractivity contribution in [1.29, 1.82) is 0 Å². The first-order chi connectivity index (χ1) is 21.2. The minimum Gasteiger partial charge on any atom is -0.488 e. The molecule has 0 fully saturated rings. The summed E-state index contributed by atoms with van der Waals surface area (Å²) < 4.78 is 17.7. The van der Waals surface area contributed by atoms with E-state index in [0.29, 0.717) is 27.7 Å². The van der Waals surface area contributed by atoms with Gasteiger partial charge in [-0.05, 0) is 59.9 Å². The number of carbonyl (C=O) groups is 1. The highest BCUT2D eigenvalue weighted by molar-refractivity contribution is 6.32. The Kier molecular flexibility index (Phi) is 9.65. The van der Waals surface area contributed by atoms with Crippen LogP contribution in [0.3, 0.4) is 0 Å². The molecular formula is C35H32ClNO7. The van der Waals surface area contributed by atoms with Crippen LogP contribution in [0.2, 0.25) is 5.02 Å². The average Bonchev–Trinajstić information content (AvgIpc) is 3.00. The lowest BCUT2D eigenvalue weighted by Crippen LogP contribution is -2.44. The first-order valence-corrected chi connectivity index (χ1v) is 14.5. The zero-order valence-electron chi connectivity index (χ0n) is 24.2. The molecule has 3 N–H and O–H groups in total. The maximum atomic E-state index is 11.7. The molecule has 8 nitrogen and oxygen atoms in total. The van der Waals surface area contributed by atoms with Gasteiger partial charge >= 0.3 is 11.6 Å². The Hall–Kier alpha value is -4.63. The Morgan fingerprint density at radius 3 is 2.41 bits per heavy atom. The fourth-order valence-corrected chi connectivity index (χ4v) is 5.17. The Morgan fingerprint density at radius 1 is 0.909 bits per heavy atom. The second-order valence-corrected chi connectivity index (χ2v) is 10.9. The number of carboxylic acid groups (broad SMARTS) is 1. The molecule has 0 saturated carbocycles. The van der Waals surface area contributed by atoms with Crippen LogP contribution in [-0.4, -0.2) is 28.3 Å². The molecule has 44 heavy (non-hydrogen) atoms. The van der Waals surface area contributed by atoms with Gasteiger partial charge in [-0.3, -0.25) is 10.1 Å². The third-order valence-corrected chi connectivity index (χ3v) is 7.67. The van der Waals surface area contributed by atoms with E-state index in [-0.39, 0.29) is 19.8 Å². The van der Waals surface area contributed by atoms with Gasteiger partial charge in [0.15, 0.2) is 0 Å². The molecule has 1 heterocycles. The van der Waals surface area contributed by atoms with Crippen molar-refractivity contribution >= 4 is 28.5 Å². The molecule has 5 aromatic rings. The van der Waals surface area contributed by atoms with Crippen molar-refractivity contribution < 1.29 is 28.9 Å². The summed E-state index contributed by atoms with van der Waals surface area (Å²) in [5, 5.41) is 23.4. The van der Waals surface area contributed by atoms with Crippen molar-refractivity contribution in [3.05, 3.63) is 129 Å². The summed E-state index contributed by atoms with van der Waals surface area (Å²) in [4.78, 5) is 23.3. The third kappa shape index (κ3) is 7.29. The lowest BCUT2D eigenvalue weighted by molar-refractivity contribution is -0.142. The largest absolute Gasteiger partial charge is 0.488 e. The van der Waals surface area contributed by atoms with Crippen molar-refractivity contribution in [3.63, 3.8) is 0 Å². The number of carboxylic acids is 1. The predicted octanol–water partition coefficient (Wildman–Crippen LogP) is 6.50. The van der Waals surface area contributed by atoms with Crippen LogP contribution in [0.5, 0.6) is 11.5 Å². The van der Waals surface area contributed by atoms with Crippen LogP contribution >= 0.6 is 11.6 Å². The monoisotopic (exact) mass is 613 g/mol. The van der Waals surface area contributed by atoms with E-state index in [2.05, 4.69) is 30.4 Å². The molecule has 1 unspecified atom stereocenters. The number of benzene rings is 4. The zero-order valence-corrected chi connectivity index (χ0v) is 25.0. The highest BCUT2D eigenvalue weighted by atomic mass is 35.5. The summed E-state index contributed by atoms with van der Waals surface area (Å²) in [6.45, 7) is 3.90. The van der Waals surface area contributed by atoms with Crippen LogP contribution in [0, 0.1) is 6.92 Å². The highest BCUT2D eigenvalue weighted by Crippen LogP contribution is 2.35. The lowest BCUT2D eigenvalue weighted by Gasteiger charge is -2.20. The van der Waals surface area contributed by atoms with Crippen LogP contribution in [0.25, 0.3) is 22.1 Å². The Labute approximate surface area is 259 Å². The molecule has 2 atom stereocenters. The van der Waals surface area contributed by atoms with Crippen LogP contribution in [0.15, 0.2) is 100 Å². The standard InChI is InChI=1S/C35H32ClNO7/c1-21-26(9-6-10-28(21)24-7-4-3-5-8-24)20-43-32-17-30(27(16-29(32)36)18-37-34(22(2)38)35(40)41)42-19-23-11-12-25-13-14-33(39)44-31(25)15-23/h3-17,22,34,37-38H,18-20H2,1-2H3,(H,40,41)/t22?,34-/m1/s1. The molecule has 1 aromatic heterocycles. The van der Waals surface area contributed by atoms with Gasteiger partial charge < -0.3 is 24.1 Å². The second kappa shape index (κ2) is 13.8. The molecule has 0 amide bonds. The quantitative estimate of drug-likeness (QED) is 0.136. The molecule has 0 saturated heterocycles. The summed E-state index contributed by atoms with van der Waals surface area (Å²) in [5.74, 6) is -0.375. The molecule has 5 rings (SSSR count). The van der Waals surface area contributed by atoms with E-state index in [9.17, 15) is 19.8 Å². The fourth-order valence-electron chi connectivity index (χ4n) is 4.92. The molecular weight excluding hydrogens is 582 g/mol. The molecule has 0 radical (unpaired) electrons. The minimum absolute atomic E-state index is 0.0576. The molecule has 0 aliphatic heterocycles. The first-order valence-electron chi connectivity index (χ1n) is 14.1. The second-order valence-electron chi connectivity index (χ2n) is 10.5. The van der Waals surface area contributed by atoms with Crippen molar-refractivity contribution in [1.82, 2.24) is 5.32 Å². The van der Waals surface area contributed by atoms with Crippen molar-refractivity contribution in [3.8, 4) is 22.6 Å². The Bertz CT molecular complexity index is 1840. The van der Waals surface area contributed by atoms with Gasteiger partial charge in [-0.2, -0.15) is 0 Å². The number of fused-ring (bicyclic) bond motifs is 1. The molecule has 9 heteroatoms. The van der Waals surface area contributed by atoms with Gasteiger partial charge in [0.25, 0.3) is 0 Å². The molecule has 4 aromatic carbocycles. The molecule has 0 aliphatic rings. The van der Waals surface area contributed by atoms with Crippen LogP contribution in [0.1, 0.15) is 29.2 Å². The van der Waals surface area contributed by atoms with Gasteiger partial charge in [-0.15, -0.1) is 0 Å². The van der Waals surface area contributed by atoms with Crippen LogP contribution in [-0.2, 0) is 24.6 Å². The van der Waals surface area contributed by atoms with Gasteiger partial charge in [0.2, 0.25) is 0 Å². The summed E-state index contributed by atoms with van der Waals surface area (Å²) in [5.41, 5.74) is 5.63. The predicted molar refractivity (Wildman–Crippen MR) is 169 cm³/mol. The van der Waals surface area contributed by atoms with Gasteiger partial charge in [-0.25, -0.2) is 4.79 Å². The summed E-state index contributed by atoms with van der Waals surface area (Å²) >= 11 is 6.66. The number of ether oxygens (including phenoxy) is 2. The molecule has 0 spiro atoms. The minimum atomic E-state index is -1.19. The van der Waals surface area contributed by atoms with Gasteiger partial charge in [-0.1, -0.05) is 72.3 Å². The summed E-state index contributed by atoms with van der Waals surface area (Å²) in [6, 6.07) is 26.8. The summed E-state index contributed by atoms with van der Waals surface area (Å²) in [7, 11) is 0. The van der Waals surface area contributed by atoms with E-state index in [1.54, 1.807) is 24.3 Å². The highest BCUT2D eigenvalue weighted by Gasteiger charge is 2.23. The maximum Gasteiger partial charge on any atom is 0.336 e. The number of hydrogen-bond acceptors (Lipinski definition) is 7. The SMILES string of the molecule is Cc1c(COc2cc(OCc3ccc4ccc(=O)oc4c3)c(CN[C@@H](C(=O)O)C(C)O)cc2Cl)cccc1-c1ccccc1. The normalized spacial score (nSPS) is 12.5. The van der Waals surface area contributed by atoms with Crippen LogP contribution < -0.4 is 20.4 Å². The van der Waals surface area contributed by atoms with Gasteiger partial charge in [0.1, 0.15) is 36.3 Å². The Balaban J connectivity index is 1.41. The topological polar surface area (TPSA) is 118 Å². The average molecular weight is 614 g/mol. The van der Waals surface area contributed by atoms with Crippen molar-refractivity contribution in [2.24, 2.45) is 0 Å². The number of aliphatic hydroxyl groups is 1. The van der Waals surface area contributed by atoms with E-state index in [0.717, 1.165) is 33.2 Å². The maximum absolute atomic E-state index is 11.7.